The molecule has 0 bridgehead atoms. The normalized spacial score (nSPS) is 15.6. The summed E-state index contributed by atoms with van der Waals surface area (Å²) in [5, 5.41) is 7.86. The van der Waals surface area contributed by atoms with Crippen LogP contribution < -0.4 is 10.6 Å². The first-order chi connectivity index (χ1) is 13.2. The number of benzene rings is 2. The number of rotatable bonds is 4. The van der Waals surface area contributed by atoms with E-state index < -0.39 is 0 Å². The standard InChI is InChI=1S/C22H20N2O2S/c25-21(24-19-11-4-7-15-6-1-2-10-18(15)19)16-8-3-9-17(14-16)23-22(26)20-12-5-13-27-20/h1-3,5-6,8-10,12-14,19H,4,7,11H2,(H,23,26)(H,24,25)/t19-/m0/s1. The van der Waals surface area contributed by atoms with Crippen LogP contribution in [0.15, 0.2) is 66.0 Å². The zero-order chi connectivity index (χ0) is 18.6. The van der Waals surface area contributed by atoms with E-state index in [0.717, 1.165) is 19.3 Å². The molecule has 0 saturated carbocycles. The van der Waals surface area contributed by atoms with Gasteiger partial charge < -0.3 is 10.6 Å². The third-order valence-corrected chi connectivity index (χ3v) is 5.67. The van der Waals surface area contributed by atoms with Crippen LogP contribution in [0.2, 0.25) is 0 Å². The van der Waals surface area contributed by atoms with Crippen molar-refractivity contribution in [3.8, 4) is 0 Å². The van der Waals surface area contributed by atoms with Gasteiger partial charge in [-0.1, -0.05) is 36.4 Å². The summed E-state index contributed by atoms with van der Waals surface area (Å²) in [6, 6.07) is 19.0. The van der Waals surface area contributed by atoms with Gasteiger partial charge in [-0.3, -0.25) is 9.59 Å². The van der Waals surface area contributed by atoms with Crippen LogP contribution in [0, 0.1) is 0 Å². The Kier molecular flexibility index (Phi) is 5.03. The minimum atomic E-state index is -0.163. The Morgan fingerprint density at radius 1 is 0.963 bits per heavy atom. The number of hydrogen-bond donors (Lipinski definition) is 2. The van der Waals surface area contributed by atoms with E-state index in [-0.39, 0.29) is 17.9 Å². The third-order valence-electron chi connectivity index (χ3n) is 4.80. The Hall–Kier alpha value is -2.92. The van der Waals surface area contributed by atoms with Crippen LogP contribution in [0.5, 0.6) is 0 Å². The molecule has 3 aromatic rings. The molecule has 1 aromatic heterocycles. The van der Waals surface area contributed by atoms with Gasteiger partial charge in [0.25, 0.3) is 11.8 Å². The van der Waals surface area contributed by atoms with E-state index in [1.165, 1.54) is 22.5 Å². The number of fused-ring (bicyclic) bond motifs is 1. The highest BCUT2D eigenvalue weighted by Crippen LogP contribution is 2.29. The lowest BCUT2D eigenvalue weighted by molar-refractivity contribution is 0.0931. The van der Waals surface area contributed by atoms with E-state index in [0.29, 0.717) is 16.1 Å². The summed E-state index contributed by atoms with van der Waals surface area (Å²) >= 11 is 1.39. The molecule has 2 N–H and O–H groups in total. The van der Waals surface area contributed by atoms with E-state index in [9.17, 15) is 9.59 Å². The number of carbonyl (C=O) groups excluding carboxylic acids is 2. The molecule has 1 aliphatic carbocycles. The van der Waals surface area contributed by atoms with E-state index in [2.05, 4.69) is 22.8 Å². The predicted molar refractivity (Wildman–Crippen MR) is 108 cm³/mol. The fourth-order valence-corrected chi connectivity index (χ4v) is 4.10. The van der Waals surface area contributed by atoms with Gasteiger partial charge in [-0.05, 0) is 60.0 Å². The molecule has 1 atom stereocenters. The molecular weight excluding hydrogens is 356 g/mol. The van der Waals surface area contributed by atoms with Crippen molar-refractivity contribution in [2.45, 2.75) is 25.3 Å². The fourth-order valence-electron chi connectivity index (χ4n) is 3.48. The number of amides is 2. The topological polar surface area (TPSA) is 58.2 Å². The van der Waals surface area contributed by atoms with Crippen molar-refractivity contribution in [2.75, 3.05) is 5.32 Å². The first kappa shape index (κ1) is 17.5. The second-order valence-corrected chi connectivity index (χ2v) is 7.58. The van der Waals surface area contributed by atoms with Crippen molar-refractivity contribution in [2.24, 2.45) is 0 Å². The van der Waals surface area contributed by atoms with Crippen LogP contribution in [0.3, 0.4) is 0 Å². The summed E-state index contributed by atoms with van der Waals surface area (Å²) in [6.45, 7) is 0. The van der Waals surface area contributed by atoms with Gasteiger partial charge in [0.15, 0.2) is 0 Å². The van der Waals surface area contributed by atoms with Crippen LogP contribution in [-0.2, 0) is 6.42 Å². The zero-order valence-electron chi connectivity index (χ0n) is 14.8. The highest BCUT2D eigenvalue weighted by atomic mass is 32.1. The van der Waals surface area contributed by atoms with Gasteiger partial charge in [0.05, 0.1) is 10.9 Å². The number of nitrogens with one attached hydrogen (secondary N) is 2. The second-order valence-electron chi connectivity index (χ2n) is 6.63. The Morgan fingerprint density at radius 2 is 1.85 bits per heavy atom. The lowest BCUT2D eigenvalue weighted by Gasteiger charge is -2.26. The molecule has 0 saturated heterocycles. The van der Waals surface area contributed by atoms with E-state index in [1.54, 1.807) is 30.3 Å². The summed E-state index contributed by atoms with van der Waals surface area (Å²) in [5.41, 5.74) is 3.68. The minimum Gasteiger partial charge on any atom is -0.345 e. The molecular formula is C22H20N2O2S. The Bertz CT molecular complexity index is 966. The van der Waals surface area contributed by atoms with Crippen LogP contribution >= 0.6 is 11.3 Å². The van der Waals surface area contributed by atoms with Gasteiger partial charge in [-0.2, -0.15) is 0 Å². The molecule has 1 heterocycles. The molecule has 4 rings (SSSR count). The fraction of sp³-hybridized carbons (Fsp3) is 0.182. The van der Waals surface area contributed by atoms with Crippen molar-refractivity contribution in [3.05, 3.63) is 87.6 Å². The number of aryl methyl sites for hydroxylation is 1. The molecule has 2 aromatic carbocycles. The number of anilines is 1. The number of hydrogen-bond acceptors (Lipinski definition) is 3. The van der Waals surface area contributed by atoms with Crippen molar-refractivity contribution in [3.63, 3.8) is 0 Å². The summed E-state index contributed by atoms with van der Waals surface area (Å²) < 4.78 is 0. The Labute approximate surface area is 162 Å². The third kappa shape index (κ3) is 3.93. The Balaban J connectivity index is 1.48. The summed E-state index contributed by atoms with van der Waals surface area (Å²) in [5.74, 6) is -0.285. The van der Waals surface area contributed by atoms with Crippen LogP contribution in [0.25, 0.3) is 0 Å². The summed E-state index contributed by atoms with van der Waals surface area (Å²) in [4.78, 5) is 25.6. The van der Waals surface area contributed by atoms with Gasteiger partial charge in [0.1, 0.15) is 0 Å². The first-order valence-electron chi connectivity index (χ1n) is 9.04. The molecule has 5 heteroatoms. The predicted octanol–water partition coefficient (Wildman–Crippen LogP) is 4.81. The van der Waals surface area contributed by atoms with Crippen LogP contribution in [-0.4, -0.2) is 11.8 Å². The van der Waals surface area contributed by atoms with E-state index >= 15 is 0 Å². The zero-order valence-corrected chi connectivity index (χ0v) is 15.6. The molecule has 27 heavy (non-hydrogen) atoms. The maximum atomic E-state index is 12.8. The van der Waals surface area contributed by atoms with Crippen LogP contribution in [0.4, 0.5) is 5.69 Å². The smallest absolute Gasteiger partial charge is 0.265 e. The van der Waals surface area contributed by atoms with Crippen molar-refractivity contribution >= 4 is 28.8 Å². The van der Waals surface area contributed by atoms with Gasteiger partial charge in [0, 0.05) is 11.3 Å². The highest BCUT2D eigenvalue weighted by molar-refractivity contribution is 7.12. The molecule has 1 aliphatic rings. The highest BCUT2D eigenvalue weighted by Gasteiger charge is 2.22. The van der Waals surface area contributed by atoms with Crippen LogP contribution in [0.1, 0.15) is 50.0 Å². The summed E-state index contributed by atoms with van der Waals surface area (Å²) in [7, 11) is 0. The largest absolute Gasteiger partial charge is 0.345 e. The number of thiophene rings is 1. The van der Waals surface area contributed by atoms with Gasteiger partial charge in [-0.25, -0.2) is 0 Å². The van der Waals surface area contributed by atoms with Gasteiger partial charge >= 0.3 is 0 Å². The quantitative estimate of drug-likeness (QED) is 0.687. The monoisotopic (exact) mass is 376 g/mol. The van der Waals surface area contributed by atoms with Gasteiger partial charge in [0.2, 0.25) is 0 Å². The number of carbonyl (C=O) groups is 2. The van der Waals surface area contributed by atoms with Gasteiger partial charge in [-0.15, -0.1) is 11.3 Å². The minimum absolute atomic E-state index is 0.0341. The molecule has 0 unspecified atom stereocenters. The molecule has 4 nitrogen and oxygen atoms in total. The molecule has 0 fully saturated rings. The SMILES string of the molecule is O=C(N[C@H]1CCCc2ccccc21)c1cccc(NC(=O)c2cccs2)c1. The molecule has 0 radical (unpaired) electrons. The molecule has 2 amide bonds. The molecule has 136 valence electrons. The maximum Gasteiger partial charge on any atom is 0.265 e. The lowest BCUT2D eigenvalue weighted by atomic mass is 9.87. The van der Waals surface area contributed by atoms with Crippen molar-refractivity contribution < 1.29 is 9.59 Å². The van der Waals surface area contributed by atoms with Crippen molar-refractivity contribution in [1.29, 1.82) is 0 Å². The Morgan fingerprint density at radius 3 is 2.70 bits per heavy atom. The van der Waals surface area contributed by atoms with E-state index in [4.69, 9.17) is 0 Å². The molecule has 0 spiro atoms. The average molecular weight is 376 g/mol. The van der Waals surface area contributed by atoms with E-state index in [1.807, 2.05) is 23.6 Å². The summed E-state index contributed by atoms with van der Waals surface area (Å²) in [6.07, 6.45) is 3.07. The van der Waals surface area contributed by atoms with Crippen molar-refractivity contribution in [1.82, 2.24) is 5.32 Å². The average Bonchev–Trinajstić information content (AvgIpc) is 3.23. The maximum absolute atomic E-state index is 12.8. The lowest BCUT2D eigenvalue weighted by Crippen LogP contribution is -2.31. The molecule has 0 aliphatic heterocycles. The first-order valence-corrected chi connectivity index (χ1v) is 9.92. The second kappa shape index (κ2) is 7.76.